The van der Waals surface area contributed by atoms with Crippen molar-refractivity contribution in [3.05, 3.63) is 60.0 Å². The van der Waals surface area contributed by atoms with Gasteiger partial charge in [0.25, 0.3) is 0 Å². The summed E-state index contributed by atoms with van der Waals surface area (Å²) >= 11 is 0. The normalized spacial score (nSPS) is 17.4. The van der Waals surface area contributed by atoms with Crippen molar-refractivity contribution < 1.29 is 27.7 Å². The zero-order valence-corrected chi connectivity index (χ0v) is 22.7. The fourth-order valence-corrected chi connectivity index (χ4v) is 5.17. The van der Waals surface area contributed by atoms with Gasteiger partial charge in [0.05, 0.1) is 49.9 Å². The largest absolute Gasteiger partial charge is 0.506 e. The molecule has 204 valence electrons. The summed E-state index contributed by atoms with van der Waals surface area (Å²) in [5.41, 5.74) is 1.28. The SMILES string of the molecule is COc1cccc(O)c1-n1c(NS(=O)(=O)[C@@H](C)[C@@H](OC(C)C)c2cnc(C)cn2)nnc1[C@@H]1C=CCOC1. The van der Waals surface area contributed by atoms with Crippen LogP contribution < -0.4 is 9.46 Å². The highest BCUT2D eigenvalue weighted by molar-refractivity contribution is 7.93. The molecule has 13 heteroatoms. The van der Waals surface area contributed by atoms with E-state index < -0.39 is 21.4 Å². The Balaban J connectivity index is 1.78. The lowest BCUT2D eigenvalue weighted by Crippen LogP contribution is -2.34. The van der Waals surface area contributed by atoms with E-state index in [-0.39, 0.29) is 29.4 Å². The number of aromatic nitrogens is 5. The van der Waals surface area contributed by atoms with Gasteiger partial charge in [-0.2, -0.15) is 0 Å². The van der Waals surface area contributed by atoms with Gasteiger partial charge in [0.2, 0.25) is 16.0 Å². The molecule has 3 heterocycles. The number of rotatable bonds is 10. The molecule has 2 aromatic heterocycles. The summed E-state index contributed by atoms with van der Waals surface area (Å²) in [6, 6.07) is 4.74. The molecule has 0 fully saturated rings. The van der Waals surface area contributed by atoms with Gasteiger partial charge in [0.15, 0.2) is 0 Å². The smallest absolute Gasteiger partial charge is 0.243 e. The Morgan fingerprint density at radius 1 is 1.18 bits per heavy atom. The minimum absolute atomic E-state index is 0.121. The van der Waals surface area contributed by atoms with Crippen LogP contribution in [0.4, 0.5) is 5.95 Å². The number of anilines is 1. The van der Waals surface area contributed by atoms with Crippen LogP contribution in [-0.4, -0.2) is 69.9 Å². The number of para-hydroxylation sites is 1. The zero-order valence-electron chi connectivity index (χ0n) is 21.9. The maximum atomic E-state index is 13.7. The third-order valence-corrected chi connectivity index (χ3v) is 7.67. The lowest BCUT2D eigenvalue weighted by molar-refractivity contribution is 0.00394. The van der Waals surface area contributed by atoms with E-state index in [4.69, 9.17) is 14.2 Å². The Labute approximate surface area is 221 Å². The van der Waals surface area contributed by atoms with E-state index in [0.29, 0.717) is 36.2 Å². The molecule has 1 aliphatic rings. The molecule has 0 unspecified atom stereocenters. The first kappa shape index (κ1) is 27.5. The molecule has 0 spiro atoms. The molecule has 0 bridgehead atoms. The molecular weight excluding hydrogens is 512 g/mol. The number of sulfonamides is 1. The predicted molar refractivity (Wildman–Crippen MR) is 140 cm³/mol. The summed E-state index contributed by atoms with van der Waals surface area (Å²) < 4.78 is 48.5. The minimum atomic E-state index is -4.13. The van der Waals surface area contributed by atoms with Crippen LogP contribution in [0, 0.1) is 6.92 Å². The summed E-state index contributed by atoms with van der Waals surface area (Å²) in [5.74, 6) is 0.0669. The second kappa shape index (κ2) is 11.5. The Bertz CT molecular complexity index is 1390. The summed E-state index contributed by atoms with van der Waals surface area (Å²) in [7, 11) is -2.68. The number of methoxy groups -OCH3 is 1. The molecule has 0 saturated heterocycles. The molecular formula is C25H32N6O6S. The van der Waals surface area contributed by atoms with Crippen molar-refractivity contribution in [3.8, 4) is 17.2 Å². The average molecular weight is 545 g/mol. The maximum absolute atomic E-state index is 13.7. The average Bonchev–Trinajstić information content (AvgIpc) is 3.29. The number of phenolic OH excluding ortho intramolecular Hbond substituents is 1. The first-order valence-electron chi connectivity index (χ1n) is 12.1. The second-order valence-corrected chi connectivity index (χ2v) is 11.2. The summed E-state index contributed by atoms with van der Waals surface area (Å²) in [6.45, 7) is 7.71. The number of nitrogens with zero attached hydrogens (tertiary/aromatic N) is 5. The van der Waals surface area contributed by atoms with Crippen molar-refractivity contribution in [1.29, 1.82) is 0 Å². The van der Waals surface area contributed by atoms with Crippen molar-refractivity contribution >= 4 is 16.0 Å². The molecule has 0 amide bonds. The van der Waals surface area contributed by atoms with Crippen LogP contribution in [0.3, 0.4) is 0 Å². The summed E-state index contributed by atoms with van der Waals surface area (Å²) in [5, 5.41) is 18.1. The monoisotopic (exact) mass is 544 g/mol. The number of hydrogen-bond donors (Lipinski definition) is 2. The maximum Gasteiger partial charge on any atom is 0.243 e. The van der Waals surface area contributed by atoms with Gasteiger partial charge in [-0.15, -0.1) is 10.2 Å². The number of phenols is 1. The van der Waals surface area contributed by atoms with Crippen LogP contribution in [-0.2, 0) is 19.5 Å². The summed E-state index contributed by atoms with van der Waals surface area (Å²) in [6.07, 6.45) is 5.63. The minimum Gasteiger partial charge on any atom is -0.506 e. The Hall–Kier alpha value is -3.55. The van der Waals surface area contributed by atoms with Gasteiger partial charge >= 0.3 is 0 Å². The molecule has 0 radical (unpaired) electrons. The van der Waals surface area contributed by atoms with Crippen LogP contribution in [0.2, 0.25) is 0 Å². The van der Waals surface area contributed by atoms with E-state index in [9.17, 15) is 13.5 Å². The highest BCUT2D eigenvalue weighted by atomic mass is 32.2. The molecule has 1 aromatic carbocycles. The third-order valence-electron chi connectivity index (χ3n) is 5.98. The van der Waals surface area contributed by atoms with Crippen molar-refractivity contribution in [2.75, 3.05) is 25.0 Å². The van der Waals surface area contributed by atoms with Crippen molar-refractivity contribution in [3.63, 3.8) is 0 Å². The van der Waals surface area contributed by atoms with E-state index in [0.717, 1.165) is 0 Å². The molecule has 0 saturated carbocycles. The van der Waals surface area contributed by atoms with Gasteiger partial charge in [-0.05, 0) is 39.8 Å². The van der Waals surface area contributed by atoms with Crippen LogP contribution in [0.25, 0.3) is 5.69 Å². The lowest BCUT2D eigenvalue weighted by atomic mass is 10.1. The molecule has 38 heavy (non-hydrogen) atoms. The van der Waals surface area contributed by atoms with Crippen LogP contribution in [0.15, 0.2) is 42.7 Å². The fourth-order valence-electron chi connectivity index (χ4n) is 4.07. The predicted octanol–water partition coefficient (Wildman–Crippen LogP) is 3.05. The third kappa shape index (κ3) is 5.79. The second-order valence-electron chi connectivity index (χ2n) is 9.16. The fraction of sp³-hybridized carbons (Fsp3) is 0.440. The standard InChI is InChI=1S/C25H32N6O6S/c1-15(2)37-23(19-13-26-16(3)12-27-19)17(4)38(33,34)30-25-29-28-24(18-8-7-11-36-14-18)31(25)22-20(32)9-6-10-21(22)35-5/h6-10,12-13,15,17-18,23,32H,11,14H2,1-5H3,(H,29,30)/t17-,18+,23+/m0/s1. The van der Waals surface area contributed by atoms with Crippen LogP contribution >= 0.6 is 0 Å². The molecule has 12 nitrogen and oxygen atoms in total. The van der Waals surface area contributed by atoms with E-state index in [1.54, 1.807) is 25.3 Å². The number of aryl methyl sites for hydroxylation is 1. The van der Waals surface area contributed by atoms with Gasteiger partial charge in [0, 0.05) is 6.20 Å². The molecule has 2 N–H and O–H groups in total. The Kier molecular flexibility index (Phi) is 8.29. The highest BCUT2D eigenvalue weighted by Crippen LogP contribution is 2.37. The highest BCUT2D eigenvalue weighted by Gasteiger charge is 2.36. The number of hydrogen-bond acceptors (Lipinski definition) is 10. The number of aromatic hydroxyl groups is 1. The molecule has 1 aliphatic heterocycles. The van der Waals surface area contributed by atoms with Crippen LogP contribution in [0.1, 0.15) is 50.0 Å². The number of nitrogens with one attached hydrogen (secondary N) is 1. The Morgan fingerprint density at radius 2 is 1.97 bits per heavy atom. The molecule has 0 aliphatic carbocycles. The number of ether oxygens (including phenoxy) is 3. The van der Waals surface area contributed by atoms with Gasteiger partial charge in [-0.25, -0.2) is 8.42 Å². The van der Waals surface area contributed by atoms with Gasteiger partial charge in [-0.3, -0.25) is 19.3 Å². The van der Waals surface area contributed by atoms with E-state index in [2.05, 4.69) is 24.9 Å². The Morgan fingerprint density at radius 3 is 2.61 bits per heavy atom. The number of benzene rings is 1. The first-order chi connectivity index (χ1) is 18.1. The van der Waals surface area contributed by atoms with E-state index >= 15 is 0 Å². The molecule has 3 aromatic rings. The van der Waals surface area contributed by atoms with E-state index in [1.807, 2.05) is 26.0 Å². The summed E-state index contributed by atoms with van der Waals surface area (Å²) in [4.78, 5) is 8.60. The first-order valence-corrected chi connectivity index (χ1v) is 13.7. The van der Waals surface area contributed by atoms with Gasteiger partial charge < -0.3 is 19.3 Å². The quantitative estimate of drug-likeness (QED) is 0.365. The van der Waals surface area contributed by atoms with Gasteiger partial charge in [-0.1, -0.05) is 18.2 Å². The van der Waals surface area contributed by atoms with Gasteiger partial charge in [0.1, 0.15) is 34.4 Å². The topological polar surface area (TPSA) is 151 Å². The van der Waals surface area contributed by atoms with Crippen molar-refractivity contribution in [2.45, 2.75) is 51.1 Å². The molecule has 3 atom stereocenters. The zero-order chi connectivity index (χ0) is 27.4. The van der Waals surface area contributed by atoms with Crippen molar-refractivity contribution in [1.82, 2.24) is 24.7 Å². The van der Waals surface area contributed by atoms with Crippen LogP contribution in [0.5, 0.6) is 11.5 Å². The van der Waals surface area contributed by atoms with Crippen molar-refractivity contribution in [2.24, 2.45) is 0 Å². The lowest BCUT2D eigenvalue weighted by Gasteiger charge is -2.26. The van der Waals surface area contributed by atoms with E-state index in [1.165, 1.54) is 30.9 Å². The molecule has 4 rings (SSSR count).